The molecule has 27 heavy (non-hydrogen) atoms. The van der Waals surface area contributed by atoms with Gasteiger partial charge in [0.05, 0.1) is 12.6 Å². The number of carbonyl (C=O) groups is 1. The van der Waals surface area contributed by atoms with E-state index in [1.807, 2.05) is 0 Å². The van der Waals surface area contributed by atoms with Crippen molar-refractivity contribution in [1.82, 2.24) is 0 Å². The van der Waals surface area contributed by atoms with Crippen LogP contribution in [0.5, 0.6) is 0 Å². The van der Waals surface area contributed by atoms with Gasteiger partial charge in [-0.1, -0.05) is 68.4 Å². The average molecular weight is 378 g/mol. The highest BCUT2D eigenvalue weighted by Crippen LogP contribution is 2.04. The Morgan fingerprint density at radius 1 is 0.852 bits per heavy atom. The third kappa shape index (κ3) is 16.4. The fourth-order valence-electron chi connectivity index (χ4n) is 2.44. The molecule has 0 bridgehead atoms. The first-order valence-corrected chi connectivity index (χ1v) is 10.3. The molecule has 0 aromatic carbocycles. The lowest BCUT2D eigenvalue weighted by atomic mass is 10.0. The summed E-state index contributed by atoms with van der Waals surface area (Å²) in [4.78, 5) is 11.6. The first kappa shape index (κ1) is 25.5. The van der Waals surface area contributed by atoms with Gasteiger partial charge in [-0.15, -0.1) is 0 Å². The number of unbranched alkanes of at least 4 members (excludes halogenated alkanes) is 4. The molecule has 0 radical (unpaired) electrons. The molecule has 0 aromatic rings. The second kappa shape index (κ2) is 19.3. The number of nitrogens with two attached hydrogens (primary N) is 1. The smallest absolute Gasteiger partial charge is 0.162 e. The Bertz CT molecular complexity index is 466. The summed E-state index contributed by atoms with van der Waals surface area (Å²) < 4.78 is 0. The molecule has 0 heterocycles. The Labute approximate surface area is 165 Å². The molecule has 0 spiro atoms. The minimum atomic E-state index is -1.26. The molecule has 4 heteroatoms. The van der Waals surface area contributed by atoms with E-state index in [1.54, 1.807) is 0 Å². The molecule has 0 aliphatic carbocycles. The number of allylic oxidation sites excluding steroid dienone is 8. The van der Waals surface area contributed by atoms with Crippen LogP contribution in [0.2, 0.25) is 0 Å². The molecule has 4 N–H and O–H groups in total. The van der Waals surface area contributed by atoms with Gasteiger partial charge in [0.25, 0.3) is 0 Å². The molecule has 0 amide bonds. The summed E-state index contributed by atoms with van der Waals surface area (Å²) in [5, 5.41) is 18.4. The average Bonchev–Trinajstić information content (AvgIpc) is 2.68. The number of ketones is 1. The normalized spacial score (nSPS) is 14.8. The molecular weight excluding hydrogens is 338 g/mol. The number of carbonyl (C=O) groups excluding carboxylic acids is 1. The van der Waals surface area contributed by atoms with Crippen LogP contribution in [-0.2, 0) is 4.79 Å². The zero-order valence-electron chi connectivity index (χ0n) is 16.9. The van der Waals surface area contributed by atoms with Crippen molar-refractivity contribution in [2.24, 2.45) is 5.73 Å². The maximum absolute atomic E-state index is 11.6. The highest BCUT2D eigenvalue weighted by molar-refractivity contribution is 5.83. The highest BCUT2D eigenvalue weighted by Gasteiger charge is 2.21. The van der Waals surface area contributed by atoms with E-state index in [-0.39, 0.29) is 18.8 Å². The topological polar surface area (TPSA) is 83.5 Å². The van der Waals surface area contributed by atoms with Crippen molar-refractivity contribution in [3.05, 3.63) is 48.6 Å². The van der Waals surface area contributed by atoms with Crippen molar-refractivity contribution in [1.29, 1.82) is 0 Å². The van der Waals surface area contributed by atoms with E-state index >= 15 is 0 Å². The number of aliphatic hydroxyl groups is 2. The Morgan fingerprint density at radius 3 is 1.81 bits per heavy atom. The molecule has 0 saturated carbocycles. The van der Waals surface area contributed by atoms with Crippen LogP contribution < -0.4 is 5.73 Å². The van der Waals surface area contributed by atoms with Crippen molar-refractivity contribution in [2.75, 3.05) is 6.61 Å². The molecule has 0 aliphatic heterocycles. The molecule has 0 unspecified atom stereocenters. The van der Waals surface area contributed by atoms with Crippen LogP contribution in [0.1, 0.15) is 71.1 Å². The van der Waals surface area contributed by atoms with E-state index < -0.39 is 12.1 Å². The highest BCUT2D eigenvalue weighted by atomic mass is 16.3. The van der Waals surface area contributed by atoms with Crippen LogP contribution in [-0.4, -0.2) is 34.7 Å². The Morgan fingerprint density at radius 2 is 1.33 bits per heavy atom. The van der Waals surface area contributed by atoms with E-state index in [1.165, 1.54) is 25.7 Å². The Balaban J connectivity index is 3.60. The Hall–Kier alpha value is -1.49. The lowest BCUT2D eigenvalue weighted by Gasteiger charge is -2.14. The number of aliphatic hydroxyl groups excluding tert-OH is 2. The van der Waals surface area contributed by atoms with Gasteiger partial charge in [0.1, 0.15) is 6.10 Å². The van der Waals surface area contributed by atoms with Gasteiger partial charge in [-0.25, -0.2) is 0 Å². The fourth-order valence-corrected chi connectivity index (χ4v) is 2.44. The molecule has 0 fully saturated rings. The van der Waals surface area contributed by atoms with Gasteiger partial charge >= 0.3 is 0 Å². The van der Waals surface area contributed by atoms with E-state index in [4.69, 9.17) is 10.8 Å². The van der Waals surface area contributed by atoms with Gasteiger partial charge in [0.15, 0.2) is 5.78 Å². The van der Waals surface area contributed by atoms with E-state index in [2.05, 4.69) is 55.5 Å². The molecule has 2 atom stereocenters. The van der Waals surface area contributed by atoms with Gasteiger partial charge in [-0.05, 0) is 44.9 Å². The number of hydrogen-bond donors (Lipinski definition) is 3. The summed E-state index contributed by atoms with van der Waals surface area (Å²) in [6.07, 6.45) is 25.8. The summed E-state index contributed by atoms with van der Waals surface area (Å²) in [6, 6.07) is -0.881. The third-order valence-electron chi connectivity index (χ3n) is 4.20. The van der Waals surface area contributed by atoms with Crippen molar-refractivity contribution < 1.29 is 15.0 Å². The molecule has 154 valence electrons. The quantitative estimate of drug-likeness (QED) is 0.259. The standard InChI is InChI=1S/C23H39NO3/c1-2-3-4-5-6-7-8-9-10-11-12-13-14-15-16-17-18-19-22(26)23(27)21(24)20-25/h6-7,9-10,12-13,15-16,21,23,25,27H,2-5,8,11,14,17-20,24H2,1H3/b7-6-,10-9-,13-12-,16-15-/t21-,23+/m0/s1. The van der Waals surface area contributed by atoms with Crippen LogP contribution in [0.15, 0.2) is 48.6 Å². The number of hydrogen-bond acceptors (Lipinski definition) is 4. The molecule has 0 aliphatic rings. The van der Waals surface area contributed by atoms with E-state index in [0.717, 1.165) is 25.7 Å². The van der Waals surface area contributed by atoms with Crippen LogP contribution >= 0.6 is 0 Å². The third-order valence-corrected chi connectivity index (χ3v) is 4.20. The fraction of sp³-hybridized carbons (Fsp3) is 0.609. The van der Waals surface area contributed by atoms with Gasteiger partial charge in [-0.2, -0.15) is 0 Å². The maximum atomic E-state index is 11.6. The second-order valence-corrected chi connectivity index (χ2v) is 6.74. The predicted molar refractivity (Wildman–Crippen MR) is 114 cm³/mol. The maximum Gasteiger partial charge on any atom is 0.162 e. The van der Waals surface area contributed by atoms with Crippen LogP contribution in [0.4, 0.5) is 0 Å². The number of Topliss-reactive ketones (excluding diaryl/α,β-unsaturated/α-hetero) is 1. The molecular formula is C23H39NO3. The summed E-state index contributed by atoms with van der Waals surface area (Å²) in [5.74, 6) is -0.299. The van der Waals surface area contributed by atoms with Gasteiger partial charge < -0.3 is 15.9 Å². The van der Waals surface area contributed by atoms with Gasteiger partial charge in [0.2, 0.25) is 0 Å². The van der Waals surface area contributed by atoms with Crippen LogP contribution in [0.3, 0.4) is 0 Å². The van der Waals surface area contributed by atoms with Gasteiger partial charge in [0, 0.05) is 6.42 Å². The lowest BCUT2D eigenvalue weighted by molar-refractivity contribution is -0.128. The summed E-state index contributed by atoms with van der Waals surface area (Å²) in [7, 11) is 0. The van der Waals surface area contributed by atoms with Crippen molar-refractivity contribution in [3.63, 3.8) is 0 Å². The van der Waals surface area contributed by atoms with Crippen LogP contribution in [0.25, 0.3) is 0 Å². The molecule has 0 rings (SSSR count). The van der Waals surface area contributed by atoms with E-state index in [0.29, 0.717) is 6.42 Å². The first-order chi connectivity index (χ1) is 13.1. The predicted octanol–water partition coefficient (Wildman–Crippen LogP) is 4.38. The summed E-state index contributed by atoms with van der Waals surface area (Å²) in [6.45, 7) is 1.84. The van der Waals surface area contributed by atoms with Crippen molar-refractivity contribution in [2.45, 2.75) is 83.3 Å². The zero-order valence-corrected chi connectivity index (χ0v) is 16.9. The second-order valence-electron chi connectivity index (χ2n) is 6.74. The minimum absolute atomic E-state index is 0.285. The molecule has 0 aromatic heterocycles. The van der Waals surface area contributed by atoms with E-state index in [9.17, 15) is 9.90 Å². The van der Waals surface area contributed by atoms with Crippen molar-refractivity contribution in [3.8, 4) is 0 Å². The summed E-state index contributed by atoms with van der Waals surface area (Å²) >= 11 is 0. The zero-order chi connectivity index (χ0) is 20.2. The Kier molecular flexibility index (Phi) is 18.2. The first-order valence-electron chi connectivity index (χ1n) is 10.3. The molecule has 4 nitrogen and oxygen atoms in total. The summed E-state index contributed by atoms with van der Waals surface area (Å²) in [5.41, 5.74) is 5.43. The largest absolute Gasteiger partial charge is 0.395 e. The van der Waals surface area contributed by atoms with Crippen molar-refractivity contribution >= 4 is 5.78 Å². The SMILES string of the molecule is CCCCC/C=C\C/C=C\C/C=C\C/C=C\CCCC(=O)[C@H](O)[C@@H](N)CO. The van der Waals surface area contributed by atoms with Crippen LogP contribution in [0, 0.1) is 0 Å². The monoisotopic (exact) mass is 377 g/mol. The van der Waals surface area contributed by atoms with Gasteiger partial charge in [-0.3, -0.25) is 4.79 Å². The lowest BCUT2D eigenvalue weighted by Crippen LogP contribution is -2.42. The number of rotatable bonds is 17. The molecule has 0 saturated heterocycles. The minimum Gasteiger partial charge on any atom is -0.395 e.